The molecule has 2 aromatic carbocycles. The van der Waals surface area contributed by atoms with Crippen molar-refractivity contribution in [2.24, 2.45) is 0 Å². The maximum atomic E-state index is 12.3. The average molecular weight is 343 g/mol. The lowest BCUT2D eigenvalue weighted by Gasteiger charge is -2.15. The monoisotopic (exact) mass is 342 g/mol. The average Bonchev–Trinajstić information content (AvgIpc) is 2.98. The molecule has 0 atom stereocenters. The Bertz CT molecular complexity index is 890. The van der Waals surface area contributed by atoms with E-state index in [1.807, 2.05) is 24.3 Å². The van der Waals surface area contributed by atoms with Crippen molar-refractivity contribution in [1.29, 1.82) is 0 Å². The number of rotatable bonds is 2. The Hall–Kier alpha value is -2.37. The summed E-state index contributed by atoms with van der Waals surface area (Å²) >= 11 is 7.27. The van der Waals surface area contributed by atoms with Crippen molar-refractivity contribution in [2.45, 2.75) is 6.61 Å². The van der Waals surface area contributed by atoms with Gasteiger partial charge in [0.2, 0.25) is 0 Å². The summed E-state index contributed by atoms with van der Waals surface area (Å²) in [5.74, 6) is 0.614. The van der Waals surface area contributed by atoms with Crippen molar-refractivity contribution in [1.82, 2.24) is 4.98 Å². The third-order valence-electron chi connectivity index (χ3n) is 3.53. The first-order valence-electron chi connectivity index (χ1n) is 6.99. The molecule has 1 aliphatic rings. The molecule has 0 saturated carbocycles. The van der Waals surface area contributed by atoms with Crippen LogP contribution in [0, 0.1) is 0 Å². The molecule has 0 unspecified atom stereocenters. The standard InChI is InChI=1S/C17H11ClN2O2S/c18-11-7-5-10(6-8-11)16(21)20-17-19-15-12-3-1-2-4-13(12)22-9-14(15)23-17/h1-8H,9H2,(H,19,20,21). The number of carbonyl (C=O) groups is 1. The normalized spacial score (nSPS) is 12.0. The molecule has 0 saturated heterocycles. The van der Waals surface area contributed by atoms with Gasteiger partial charge in [0.05, 0.1) is 10.6 Å². The number of ether oxygens (including phenoxy) is 1. The highest BCUT2D eigenvalue weighted by molar-refractivity contribution is 7.16. The quantitative estimate of drug-likeness (QED) is 0.740. The Morgan fingerprint density at radius 2 is 1.96 bits per heavy atom. The Morgan fingerprint density at radius 3 is 2.78 bits per heavy atom. The van der Waals surface area contributed by atoms with Gasteiger partial charge in [-0.3, -0.25) is 10.1 Å². The van der Waals surface area contributed by atoms with E-state index in [2.05, 4.69) is 10.3 Å². The summed E-state index contributed by atoms with van der Waals surface area (Å²) in [5.41, 5.74) is 2.37. The molecule has 1 aliphatic heterocycles. The second-order valence-electron chi connectivity index (χ2n) is 5.04. The molecule has 2 heterocycles. The molecule has 4 nitrogen and oxygen atoms in total. The van der Waals surface area contributed by atoms with Gasteiger partial charge in [-0.2, -0.15) is 0 Å². The smallest absolute Gasteiger partial charge is 0.257 e. The molecule has 1 aromatic heterocycles. The largest absolute Gasteiger partial charge is 0.487 e. The molecular weight excluding hydrogens is 332 g/mol. The van der Waals surface area contributed by atoms with E-state index in [0.717, 1.165) is 21.9 Å². The van der Waals surface area contributed by atoms with E-state index in [0.29, 0.717) is 22.3 Å². The lowest BCUT2D eigenvalue weighted by molar-refractivity contribution is 0.102. The summed E-state index contributed by atoms with van der Waals surface area (Å²) in [6, 6.07) is 14.5. The number of para-hydroxylation sites is 1. The number of nitrogens with zero attached hydrogens (tertiary/aromatic N) is 1. The van der Waals surface area contributed by atoms with Crippen molar-refractivity contribution in [3.63, 3.8) is 0 Å². The third kappa shape index (κ3) is 2.69. The fourth-order valence-electron chi connectivity index (χ4n) is 2.42. The number of halogens is 1. The summed E-state index contributed by atoms with van der Waals surface area (Å²) < 4.78 is 5.71. The number of hydrogen-bond acceptors (Lipinski definition) is 4. The highest BCUT2D eigenvalue weighted by atomic mass is 35.5. The Labute approximate surface area is 141 Å². The van der Waals surface area contributed by atoms with Gasteiger partial charge in [0.1, 0.15) is 12.4 Å². The number of aromatic nitrogens is 1. The van der Waals surface area contributed by atoms with Crippen LogP contribution in [0.2, 0.25) is 5.02 Å². The molecule has 0 radical (unpaired) electrons. The zero-order valence-corrected chi connectivity index (χ0v) is 13.4. The van der Waals surface area contributed by atoms with E-state index >= 15 is 0 Å². The van der Waals surface area contributed by atoms with Gasteiger partial charge >= 0.3 is 0 Å². The predicted molar refractivity (Wildman–Crippen MR) is 91.3 cm³/mol. The first kappa shape index (κ1) is 14.2. The van der Waals surface area contributed by atoms with Crippen LogP contribution >= 0.6 is 22.9 Å². The molecule has 6 heteroatoms. The fraction of sp³-hybridized carbons (Fsp3) is 0.0588. The Kier molecular flexibility index (Phi) is 3.52. The lowest BCUT2D eigenvalue weighted by atomic mass is 10.1. The summed E-state index contributed by atoms with van der Waals surface area (Å²) in [4.78, 5) is 17.8. The second-order valence-corrected chi connectivity index (χ2v) is 6.56. The number of fused-ring (bicyclic) bond motifs is 3. The lowest BCUT2D eigenvalue weighted by Crippen LogP contribution is -2.11. The van der Waals surface area contributed by atoms with Crippen molar-refractivity contribution in [3.8, 4) is 17.0 Å². The molecule has 23 heavy (non-hydrogen) atoms. The second kappa shape index (κ2) is 5.68. The number of carbonyl (C=O) groups excluding carboxylic acids is 1. The van der Waals surface area contributed by atoms with E-state index in [1.54, 1.807) is 24.3 Å². The number of thiazole rings is 1. The van der Waals surface area contributed by atoms with Crippen molar-refractivity contribution in [2.75, 3.05) is 5.32 Å². The van der Waals surface area contributed by atoms with Crippen molar-refractivity contribution < 1.29 is 9.53 Å². The minimum Gasteiger partial charge on any atom is -0.487 e. The molecule has 1 amide bonds. The van der Waals surface area contributed by atoms with Crippen LogP contribution in [0.5, 0.6) is 5.75 Å². The first-order valence-corrected chi connectivity index (χ1v) is 8.19. The van der Waals surface area contributed by atoms with E-state index in [9.17, 15) is 4.79 Å². The van der Waals surface area contributed by atoms with E-state index in [-0.39, 0.29) is 5.91 Å². The highest BCUT2D eigenvalue weighted by Gasteiger charge is 2.22. The SMILES string of the molecule is O=C(Nc1nc2c(s1)COc1ccccc1-2)c1ccc(Cl)cc1. The van der Waals surface area contributed by atoms with Crippen molar-refractivity contribution >= 4 is 34.0 Å². The predicted octanol–water partition coefficient (Wildman–Crippen LogP) is 4.61. The molecule has 1 N–H and O–H groups in total. The van der Waals surface area contributed by atoms with Crippen LogP contribution in [0.4, 0.5) is 5.13 Å². The van der Waals surface area contributed by atoms with Gasteiger partial charge in [0.15, 0.2) is 5.13 Å². The van der Waals surface area contributed by atoms with Crippen LogP contribution in [-0.4, -0.2) is 10.9 Å². The minimum absolute atomic E-state index is 0.207. The first-order chi connectivity index (χ1) is 11.2. The topological polar surface area (TPSA) is 51.2 Å². The Balaban J connectivity index is 1.62. The van der Waals surface area contributed by atoms with Crippen LogP contribution in [-0.2, 0) is 6.61 Å². The van der Waals surface area contributed by atoms with Crippen molar-refractivity contribution in [3.05, 3.63) is 64.0 Å². The molecule has 0 fully saturated rings. The zero-order valence-electron chi connectivity index (χ0n) is 11.9. The van der Waals surface area contributed by atoms with Gasteiger partial charge in [0, 0.05) is 16.1 Å². The number of amides is 1. The molecular formula is C17H11ClN2O2S. The van der Waals surface area contributed by atoms with Gasteiger partial charge in [-0.05, 0) is 36.4 Å². The molecule has 0 aliphatic carbocycles. The minimum atomic E-state index is -0.207. The number of nitrogens with one attached hydrogen (secondary N) is 1. The molecule has 0 bridgehead atoms. The number of anilines is 1. The number of hydrogen-bond donors (Lipinski definition) is 1. The van der Waals surface area contributed by atoms with E-state index < -0.39 is 0 Å². The van der Waals surface area contributed by atoms with E-state index in [1.165, 1.54) is 11.3 Å². The summed E-state index contributed by atoms with van der Waals surface area (Å²) in [5, 5.41) is 4.00. The van der Waals surface area contributed by atoms with Crippen LogP contribution in [0.3, 0.4) is 0 Å². The maximum absolute atomic E-state index is 12.3. The zero-order chi connectivity index (χ0) is 15.8. The van der Waals surface area contributed by atoms with Crippen LogP contribution in [0.1, 0.15) is 15.2 Å². The van der Waals surface area contributed by atoms with Gasteiger partial charge in [0.25, 0.3) is 5.91 Å². The van der Waals surface area contributed by atoms with Crippen LogP contribution in [0.15, 0.2) is 48.5 Å². The maximum Gasteiger partial charge on any atom is 0.257 e. The summed E-state index contributed by atoms with van der Waals surface area (Å²) in [6.45, 7) is 0.473. The highest BCUT2D eigenvalue weighted by Crippen LogP contribution is 2.40. The van der Waals surface area contributed by atoms with Crippen LogP contribution in [0.25, 0.3) is 11.3 Å². The third-order valence-corrected chi connectivity index (χ3v) is 4.72. The molecule has 0 spiro atoms. The van der Waals surface area contributed by atoms with E-state index in [4.69, 9.17) is 16.3 Å². The van der Waals surface area contributed by atoms with Crippen LogP contribution < -0.4 is 10.1 Å². The Morgan fingerprint density at radius 1 is 1.17 bits per heavy atom. The van der Waals surface area contributed by atoms with Gasteiger partial charge in [-0.15, -0.1) is 0 Å². The fourth-order valence-corrected chi connectivity index (χ4v) is 3.43. The summed E-state index contributed by atoms with van der Waals surface area (Å²) in [6.07, 6.45) is 0. The molecule has 114 valence electrons. The van der Waals surface area contributed by atoms with Gasteiger partial charge in [-0.25, -0.2) is 4.98 Å². The molecule has 4 rings (SSSR count). The van der Waals surface area contributed by atoms with Gasteiger partial charge < -0.3 is 4.74 Å². The number of benzene rings is 2. The summed E-state index contributed by atoms with van der Waals surface area (Å²) in [7, 11) is 0. The molecule has 3 aromatic rings. The van der Waals surface area contributed by atoms with Gasteiger partial charge in [-0.1, -0.05) is 35.1 Å².